The zero-order chi connectivity index (χ0) is 26.9. The summed E-state index contributed by atoms with van der Waals surface area (Å²) in [6.07, 6.45) is 3.26. The molecule has 2 rings (SSSR count). The van der Waals surface area contributed by atoms with E-state index in [4.69, 9.17) is 14.6 Å². The summed E-state index contributed by atoms with van der Waals surface area (Å²) in [6.45, 7) is 11.1. The van der Waals surface area contributed by atoms with E-state index >= 15 is 0 Å². The molecule has 10 heteroatoms. The molecule has 0 aliphatic rings. The third-order valence-corrected chi connectivity index (χ3v) is 4.86. The lowest BCUT2D eigenvalue weighted by Crippen LogP contribution is -2.38. The molecule has 2 amide bonds. The van der Waals surface area contributed by atoms with Crippen molar-refractivity contribution in [3.63, 3.8) is 0 Å². The molecule has 0 aliphatic carbocycles. The summed E-state index contributed by atoms with van der Waals surface area (Å²) >= 11 is 0. The second-order valence-electron chi connectivity index (χ2n) is 10.6. The zero-order valence-electron chi connectivity index (χ0n) is 21.9. The number of aromatic nitrogens is 2. The first-order valence-corrected chi connectivity index (χ1v) is 12.0. The fraction of sp³-hybridized carbons (Fsp3) is 0.538. The summed E-state index contributed by atoms with van der Waals surface area (Å²) in [5.41, 5.74) is -0.356. The van der Waals surface area contributed by atoms with Crippen LogP contribution in [0.5, 0.6) is 5.75 Å². The van der Waals surface area contributed by atoms with E-state index in [1.807, 2.05) is 20.8 Å². The van der Waals surface area contributed by atoms with Gasteiger partial charge in [0.25, 0.3) is 0 Å². The number of amides is 2. The van der Waals surface area contributed by atoms with Gasteiger partial charge in [-0.2, -0.15) is 0 Å². The van der Waals surface area contributed by atoms with Gasteiger partial charge in [0.05, 0.1) is 18.5 Å². The molecule has 2 aromatic rings. The van der Waals surface area contributed by atoms with Crippen molar-refractivity contribution in [1.82, 2.24) is 20.6 Å². The second kappa shape index (κ2) is 12.4. The van der Waals surface area contributed by atoms with E-state index in [1.165, 1.54) is 0 Å². The highest BCUT2D eigenvalue weighted by molar-refractivity contribution is 5.78. The zero-order valence-corrected chi connectivity index (χ0v) is 21.9. The number of hydrogen-bond acceptors (Lipinski definition) is 6. The molecular formula is C26H38N4O6. The maximum atomic E-state index is 13.1. The minimum atomic E-state index is -0.903. The van der Waals surface area contributed by atoms with Crippen LogP contribution in [0.25, 0.3) is 0 Å². The molecule has 0 radical (unpaired) electrons. The number of ether oxygens (including phenoxy) is 2. The van der Waals surface area contributed by atoms with E-state index in [9.17, 15) is 14.4 Å². The monoisotopic (exact) mass is 502 g/mol. The van der Waals surface area contributed by atoms with Crippen molar-refractivity contribution in [1.29, 1.82) is 0 Å². The topological polar surface area (TPSA) is 143 Å². The summed E-state index contributed by atoms with van der Waals surface area (Å²) in [5, 5.41) is 14.7. The normalized spacial score (nSPS) is 13.4. The van der Waals surface area contributed by atoms with Crippen molar-refractivity contribution in [3.05, 3.63) is 48.0 Å². The number of aromatic amines is 1. The Bertz CT molecular complexity index is 991. The van der Waals surface area contributed by atoms with E-state index in [1.54, 1.807) is 57.4 Å². The van der Waals surface area contributed by atoms with Crippen LogP contribution in [0.1, 0.15) is 90.7 Å². The lowest BCUT2D eigenvalue weighted by molar-refractivity contribution is -0.137. The molecule has 1 heterocycles. The Morgan fingerprint density at radius 1 is 1.00 bits per heavy atom. The number of hydrogen-bond donors (Lipinski definition) is 4. The Labute approximate surface area is 212 Å². The number of nitrogens with zero attached hydrogens (tertiary/aromatic N) is 1. The number of alkyl carbamates (subject to hydrolysis) is 1. The second-order valence-corrected chi connectivity index (χ2v) is 10.6. The standard InChI is InChI=1S/C26H38N4O6/c1-25(2,3)35-18-12-10-17(11-13-18)20(30-24(34)36-26(4,5)6)16-21(31)29-19(8-7-9-22(32)33)23-27-14-15-28-23/h10-15,19-20H,7-9,16H2,1-6H3,(H,27,28)(H,29,31)(H,30,34)(H,32,33). The van der Waals surface area contributed by atoms with Crippen molar-refractivity contribution < 1.29 is 29.0 Å². The average molecular weight is 503 g/mol. The average Bonchev–Trinajstić information content (AvgIpc) is 3.25. The Hall–Kier alpha value is -3.56. The number of H-pyrrole nitrogens is 1. The third-order valence-electron chi connectivity index (χ3n) is 4.86. The quantitative estimate of drug-likeness (QED) is 0.350. The number of carboxylic acid groups (broad SMARTS) is 1. The Morgan fingerprint density at radius 3 is 2.19 bits per heavy atom. The number of benzene rings is 1. The van der Waals surface area contributed by atoms with Crippen LogP contribution in [0.4, 0.5) is 4.79 Å². The van der Waals surface area contributed by atoms with Crippen LogP contribution in [-0.4, -0.2) is 44.2 Å². The van der Waals surface area contributed by atoms with Gasteiger partial charge in [-0.25, -0.2) is 9.78 Å². The molecule has 198 valence electrons. The molecule has 1 aromatic carbocycles. The maximum absolute atomic E-state index is 13.1. The van der Waals surface area contributed by atoms with Crippen molar-refractivity contribution in [2.24, 2.45) is 0 Å². The van der Waals surface area contributed by atoms with Gasteiger partial charge in [-0.05, 0) is 72.1 Å². The largest absolute Gasteiger partial charge is 0.488 e. The van der Waals surface area contributed by atoms with Crippen LogP contribution in [0.15, 0.2) is 36.7 Å². The molecule has 0 aliphatic heterocycles. The Morgan fingerprint density at radius 2 is 1.67 bits per heavy atom. The van der Waals surface area contributed by atoms with E-state index in [0.717, 1.165) is 0 Å². The summed E-state index contributed by atoms with van der Waals surface area (Å²) in [4.78, 5) is 43.7. The molecule has 0 saturated heterocycles. The minimum Gasteiger partial charge on any atom is -0.488 e. The van der Waals surface area contributed by atoms with Crippen molar-refractivity contribution in [2.75, 3.05) is 0 Å². The first-order valence-electron chi connectivity index (χ1n) is 12.0. The fourth-order valence-corrected chi connectivity index (χ4v) is 3.47. The van der Waals surface area contributed by atoms with Crippen LogP contribution in [0.2, 0.25) is 0 Å². The van der Waals surface area contributed by atoms with E-state index in [0.29, 0.717) is 30.0 Å². The highest BCUT2D eigenvalue weighted by Gasteiger charge is 2.25. The highest BCUT2D eigenvalue weighted by atomic mass is 16.6. The Kier molecular flexibility index (Phi) is 9.89. The summed E-state index contributed by atoms with van der Waals surface area (Å²) in [6, 6.07) is 6.02. The predicted molar refractivity (Wildman–Crippen MR) is 135 cm³/mol. The summed E-state index contributed by atoms with van der Waals surface area (Å²) in [5.74, 6) is -0.0278. The van der Waals surface area contributed by atoms with Crippen LogP contribution in [0, 0.1) is 0 Å². The lowest BCUT2D eigenvalue weighted by atomic mass is 10.0. The van der Waals surface area contributed by atoms with Gasteiger partial charge in [-0.3, -0.25) is 9.59 Å². The van der Waals surface area contributed by atoms with Crippen molar-refractivity contribution in [3.8, 4) is 5.75 Å². The van der Waals surface area contributed by atoms with E-state index < -0.39 is 29.7 Å². The fourth-order valence-electron chi connectivity index (χ4n) is 3.47. The lowest BCUT2D eigenvalue weighted by Gasteiger charge is -2.25. The van der Waals surface area contributed by atoms with E-state index in [-0.39, 0.29) is 24.3 Å². The van der Waals surface area contributed by atoms with Crippen LogP contribution in [-0.2, 0) is 14.3 Å². The molecule has 4 N–H and O–H groups in total. The van der Waals surface area contributed by atoms with Crippen LogP contribution >= 0.6 is 0 Å². The molecule has 36 heavy (non-hydrogen) atoms. The molecular weight excluding hydrogens is 464 g/mol. The van der Waals surface area contributed by atoms with Gasteiger partial charge >= 0.3 is 12.1 Å². The van der Waals surface area contributed by atoms with Gasteiger partial charge in [0.1, 0.15) is 22.8 Å². The number of imidazole rings is 1. The van der Waals surface area contributed by atoms with Gasteiger partial charge in [0.15, 0.2) is 0 Å². The smallest absolute Gasteiger partial charge is 0.408 e. The van der Waals surface area contributed by atoms with Crippen molar-refractivity contribution in [2.45, 2.75) is 90.5 Å². The number of carbonyl (C=O) groups excluding carboxylic acids is 2. The first kappa shape index (κ1) is 28.7. The highest BCUT2D eigenvalue weighted by Crippen LogP contribution is 2.25. The SMILES string of the molecule is CC(C)(C)OC(=O)NC(CC(=O)NC(CCCC(=O)O)c1ncc[nH]1)c1ccc(OC(C)(C)C)cc1. The van der Waals surface area contributed by atoms with Gasteiger partial charge in [-0.15, -0.1) is 0 Å². The predicted octanol–water partition coefficient (Wildman–Crippen LogP) is 4.66. The minimum absolute atomic E-state index is 0.0150. The molecule has 0 spiro atoms. The van der Waals surface area contributed by atoms with Gasteiger partial charge < -0.3 is 30.2 Å². The molecule has 10 nitrogen and oxygen atoms in total. The number of rotatable bonds is 11. The number of carbonyl (C=O) groups is 3. The Balaban J connectivity index is 2.17. The number of carboxylic acids is 1. The van der Waals surface area contributed by atoms with Crippen LogP contribution < -0.4 is 15.4 Å². The van der Waals surface area contributed by atoms with Crippen molar-refractivity contribution >= 4 is 18.0 Å². The molecule has 2 unspecified atom stereocenters. The third kappa shape index (κ3) is 10.8. The molecule has 2 atom stereocenters. The van der Waals surface area contributed by atoms with Crippen LogP contribution in [0.3, 0.4) is 0 Å². The van der Waals surface area contributed by atoms with Gasteiger partial charge in [-0.1, -0.05) is 12.1 Å². The summed E-state index contributed by atoms with van der Waals surface area (Å²) in [7, 11) is 0. The number of nitrogens with one attached hydrogen (secondary N) is 3. The van der Waals surface area contributed by atoms with Gasteiger partial charge in [0.2, 0.25) is 5.91 Å². The molecule has 0 saturated carbocycles. The molecule has 1 aromatic heterocycles. The summed E-state index contributed by atoms with van der Waals surface area (Å²) < 4.78 is 11.3. The van der Waals surface area contributed by atoms with E-state index in [2.05, 4.69) is 20.6 Å². The number of aliphatic carboxylic acids is 1. The van der Waals surface area contributed by atoms with Gasteiger partial charge in [0, 0.05) is 18.8 Å². The first-order chi connectivity index (χ1) is 16.7. The maximum Gasteiger partial charge on any atom is 0.408 e. The molecule has 0 fully saturated rings. The molecule has 0 bridgehead atoms.